The minimum absolute atomic E-state index is 0.0368. The van der Waals surface area contributed by atoms with E-state index in [9.17, 15) is 9.59 Å². The molecule has 0 N–H and O–H groups in total. The second-order valence-corrected chi connectivity index (χ2v) is 3.96. The van der Waals surface area contributed by atoms with Gasteiger partial charge in [-0.05, 0) is 24.6 Å². The van der Waals surface area contributed by atoms with Gasteiger partial charge < -0.3 is 9.64 Å². The maximum Gasteiger partial charge on any atom is 0.337 e. The van der Waals surface area contributed by atoms with Crippen LogP contribution in [0.2, 0.25) is 0 Å². The minimum Gasteiger partial charge on any atom is -0.465 e. The van der Waals surface area contributed by atoms with Crippen molar-refractivity contribution in [2.75, 3.05) is 20.2 Å². The summed E-state index contributed by atoms with van der Waals surface area (Å²) in [6, 6.07) is 8.27. The van der Waals surface area contributed by atoms with Crippen LogP contribution in [0, 0.1) is 11.3 Å². The average Bonchev–Trinajstić information content (AvgIpc) is 2.45. The Morgan fingerprint density at radius 3 is 2.63 bits per heavy atom. The van der Waals surface area contributed by atoms with Crippen LogP contribution in [0.15, 0.2) is 24.3 Å². The Bertz CT molecular complexity index is 506. The van der Waals surface area contributed by atoms with E-state index in [1.807, 2.05) is 13.0 Å². The second-order valence-electron chi connectivity index (χ2n) is 3.96. The zero-order chi connectivity index (χ0) is 14.3. The molecule has 5 nitrogen and oxygen atoms in total. The topological polar surface area (TPSA) is 70.4 Å². The molecule has 0 radical (unpaired) electrons. The maximum absolute atomic E-state index is 12.2. The molecule has 0 saturated carbocycles. The van der Waals surface area contributed by atoms with E-state index in [1.165, 1.54) is 18.1 Å². The van der Waals surface area contributed by atoms with E-state index < -0.39 is 5.97 Å². The van der Waals surface area contributed by atoms with E-state index in [1.54, 1.807) is 18.2 Å². The number of amides is 1. The van der Waals surface area contributed by atoms with Gasteiger partial charge in [0.25, 0.3) is 5.91 Å². The highest BCUT2D eigenvalue weighted by molar-refractivity contribution is 5.98. The molecule has 0 fully saturated rings. The van der Waals surface area contributed by atoms with Crippen molar-refractivity contribution in [1.82, 2.24) is 4.90 Å². The number of nitriles is 1. The molecule has 0 unspecified atom stereocenters. The van der Waals surface area contributed by atoms with Crippen LogP contribution in [0.5, 0.6) is 0 Å². The number of esters is 1. The molecular formula is C14H16N2O3. The Morgan fingerprint density at radius 1 is 1.37 bits per heavy atom. The Labute approximate surface area is 112 Å². The van der Waals surface area contributed by atoms with E-state index in [0.717, 1.165) is 6.42 Å². The fraction of sp³-hybridized carbons (Fsp3) is 0.357. The molecule has 0 aromatic heterocycles. The van der Waals surface area contributed by atoms with Crippen LogP contribution < -0.4 is 0 Å². The molecule has 5 heteroatoms. The number of hydrogen-bond acceptors (Lipinski definition) is 4. The van der Waals surface area contributed by atoms with Gasteiger partial charge in [0, 0.05) is 12.1 Å². The summed E-state index contributed by atoms with van der Waals surface area (Å²) in [5.41, 5.74) is 0.702. The number of carbonyl (C=O) groups is 2. The maximum atomic E-state index is 12.2. The first-order chi connectivity index (χ1) is 9.13. The number of ether oxygens (including phenoxy) is 1. The molecule has 0 aliphatic carbocycles. The molecule has 1 amide bonds. The third kappa shape index (κ3) is 3.81. The van der Waals surface area contributed by atoms with Gasteiger partial charge in [-0.1, -0.05) is 13.0 Å². The molecule has 0 aliphatic rings. The molecule has 0 aliphatic heterocycles. The lowest BCUT2D eigenvalue weighted by Gasteiger charge is -2.18. The van der Waals surface area contributed by atoms with Crippen molar-refractivity contribution in [1.29, 1.82) is 5.26 Å². The van der Waals surface area contributed by atoms with Crippen molar-refractivity contribution < 1.29 is 14.3 Å². The molecule has 1 aromatic carbocycles. The zero-order valence-electron chi connectivity index (χ0n) is 11.0. The second kappa shape index (κ2) is 7.17. The predicted octanol–water partition coefficient (Wildman–Crippen LogP) is 1.85. The van der Waals surface area contributed by atoms with Gasteiger partial charge in [0.05, 0.1) is 18.7 Å². The van der Waals surface area contributed by atoms with Gasteiger partial charge in [-0.3, -0.25) is 4.79 Å². The van der Waals surface area contributed by atoms with Crippen LogP contribution >= 0.6 is 0 Å². The molecule has 0 saturated heterocycles. The van der Waals surface area contributed by atoms with Crippen molar-refractivity contribution in [3.8, 4) is 6.07 Å². The van der Waals surface area contributed by atoms with E-state index >= 15 is 0 Å². The van der Waals surface area contributed by atoms with Crippen LogP contribution in [0.4, 0.5) is 0 Å². The molecule has 0 spiro atoms. The van der Waals surface area contributed by atoms with Crippen LogP contribution in [-0.4, -0.2) is 37.0 Å². The molecule has 0 atom stereocenters. The normalized spacial score (nSPS) is 9.53. The van der Waals surface area contributed by atoms with Gasteiger partial charge in [0.15, 0.2) is 0 Å². The van der Waals surface area contributed by atoms with E-state index in [4.69, 9.17) is 5.26 Å². The molecule has 100 valence electrons. The van der Waals surface area contributed by atoms with Crippen LogP contribution in [-0.2, 0) is 4.74 Å². The Hall–Kier alpha value is -2.35. The average molecular weight is 260 g/mol. The monoisotopic (exact) mass is 260 g/mol. The van der Waals surface area contributed by atoms with Gasteiger partial charge in [-0.2, -0.15) is 5.26 Å². The quantitative estimate of drug-likeness (QED) is 0.598. The molecule has 1 aromatic rings. The third-order valence-corrected chi connectivity index (χ3v) is 2.57. The summed E-state index contributed by atoms with van der Waals surface area (Å²) >= 11 is 0. The fourth-order valence-corrected chi connectivity index (χ4v) is 1.69. The van der Waals surface area contributed by atoms with Crippen molar-refractivity contribution in [2.24, 2.45) is 0 Å². The standard InChI is InChI=1S/C14H16N2O3/c1-3-8-16(9-7-15)13(17)11-5-4-6-12(10-11)14(18)19-2/h4-6,10H,3,8-9H2,1-2H3. The third-order valence-electron chi connectivity index (χ3n) is 2.57. The minimum atomic E-state index is -0.489. The van der Waals surface area contributed by atoms with Crippen molar-refractivity contribution >= 4 is 11.9 Å². The summed E-state index contributed by atoms with van der Waals surface area (Å²) in [7, 11) is 1.29. The van der Waals surface area contributed by atoms with Crippen LogP contribution in [0.25, 0.3) is 0 Å². The lowest BCUT2D eigenvalue weighted by molar-refractivity contribution is 0.0600. The summed E-state index contributed by atoms with van der Waals surface area (Å²) in [6.07, 6.45) is 0.768. The van der Waals surface area contributed by atoms with Crippen molar-refractivity contribution in [2.45, 2.75) is 13.3 Å². The van der Waals surface area contributed by atoms with E-state index in [-0.39, 0.29) is 12.5 Å². The Kier molecular flexibility index (Phi) is 5.55. The van der Waals surface area contributed by atoms with E-state index in [2.05, 4.69) is 4.74 Å². The van der Waals surface area contributed by atoms with Crippen LogP contribution in [0.3, 0.4) is 0 Å². The highest BCUT2D eigenvalue weighted by atomic mass is 16.5. The number of hydrogen-bond donors (Lipinski definition) is 0. The summed E-state index contributed by atoms with van der Waals surface area (Å²) in [5, 5.41) is 8.72. The number of methoxy groups -OCH3 is 1. The van der Waals surface area contributed by atoms with Gasteiger partial charge in [-0.25, -0.2) is 4.79 Å². The smallest absolute Gasteiger partial charge is 0.337 e. The first kappa shape index (κ1) is 14.7. The molecular weight excluding hydrogens is 244 g/mol. The summed E-state index contributed by atoms with van der Waals surface area (Å²) in [4.78, 5) is 25.1. The zero-order valence-corrected chi connectivity index (χ0v) is 11.0. The van der Waals surface area contributed by atoms with Gasteiger partial charge in [-0.15, -0.1) is 0 Å². The summed E-state index contributed by atoms with van der Waals surface area (Å²) in [5.74, 6) is -0.744. The Morgan fingerprint density at radius 2 is 2.05 bits per heavy atom. The first-order valence-corrected chi connectivity index (χ1v) is 5.98. The fourth-order valence-electron chi connectivity index (χ4n) is 1.69. The number of rotatable bonds is 5. The molecule has 1 rings (SSSR count). The largest absolute Gasteiger partial charge is 0.465 e. The lowest BCUT2D eigenvalue weighted by Crippen LogP contribution is -2.32. The number of benzene rings is 1. The van der Waals surface area contributed by atoms with Gasteiger partial charge in [0.1, 0.15) is 6.54 Å². The highest BCUT2D eigenvalue weighted by Crippen LogP contribution is 2.10. The number of carbonyl (C=O) groups excluding carboxylic acids is 2. The highest BCUT2D eigenvalue weighted by Gasteiger charge is 2.16. The first-order valence-electron chi connectivity index (χ1n) is 5.98. The summed E-state index contributed by atoms with van der Waals surface area (Å²) < 4.78 is 4.61. The SMILES string of the molecule is CCCN(CC#N)C(=O)c1cccc(C(=O)OC)c1. The number of nitrogens with zero attached hydrogens (tertiary/aromatic N) is 2. The van der Waals surface area contributed by atoms with Crippen molar-refractivity contribution in [3.05, 3.63) is 35.4 Å². The Balaban J connectivity index is 2.98. The van der Waals surface area contributed by atoms with Gasteiger partial charge >= 0.3 is 5.97 Å². The predicted molar refractivity (Wildman–Crippen MR) is 69.6 cm³/mol. The summed E-state index contributed by atoms with van der Waals surface area (Å²) in [6.45, 7) is 2.48. The molecule has 19 heavy (non-hydrogen) atoms. The molecule has 0 heterocycles. The lowest BCUT2D eigenvalue weighted by atomic mass is 10.1. The molecule has 0 bridgehead atoms. The van der Waals surface area contributed by atoms with E-state index in [0.29, 0.717) is 17.7 Å². The van der Waals surface area contributed by atoms with Gasteiger partial charge in [0.2, 0.25) is 0 Å². The van der Waals surface area contributed by atoms with Crippen LogP contribution in [0.1, 0.15) is 34.1 Å². The van der Waals surface area contributed by atoms with Crippen molar-refractivity contribution in [3.63, 3.8) is 0 Å².